The zero-order chi connectivity index (χ0) is 15.1. The fourth-order valence-corrected chi connectivity index (χ4v) is 1.89. The number of esters is 1. The van der Waals surface area contributed by atoms with E-state index in [0.29, 0.717) is 5.56 Å². The molecule has 2 aromatic carbocycles. The fraction of sp³-hybridized carbons (Fsp3) is 0.176. The number of benzene rings is 2. The van der Waals surface area contributed by atoms with Gasteiger partial charge in [0.1, 0.15) is 6.61 Å². The molecule has 0 fully saturated rings. The lowest BCUT2D eigenvalue weighted by Gasteiger charge is -2.10. The molecule has 1 atom stereocenters. The first kappa shape index (κ1) is 14.9. The van der Waals surface area contributed by atoms with Crippen molar-refractivity contribution in [2.75, 3.05) is 0 Å². The predicted octanol–water partition coefficient (Wildman–Crippen LogP) is 2.33. The monoisotopic (exact) mass is 283 g/mol. The zero-order valence-corrected chi connectivity index (χ0v) is 11.6. The molecule has 0 heterocycles. The van der Waals surface area contributed by atoms with E-state index in [9.17, 15) is 9.59 Å². The van der Waals surface area contributed by atoms with E-state index in [1.165, 1.54) is 0 Å². The number of carbonyl (C=O) groups excluding carboxylic acids is 2. The van der Waals surface area contributed by atoms with Crippen molar-refractivity contribution in [3.05, 3.63) is 71.8 Å². The molecule has 0 saturated carbocycles. The van der Waals surface area contributed by atoms with Crippen LogP contribution >= 0.6 is 0 Å². The molecule has 1 unspecified atom stereocenters. The Labute approximate surface area is 123 Å². The van der Waals surface area contributed by atoms with E-state index in [4.69, 9.17) is 10.5 Å². The topological polar surface area (TPSA) is 69.4 Å². The van der Waals surface area contributed by atoms with Gasteiger partial charge in [0, 0.05) is 5.56 Å². The summed E-state index contributed by atoms with van der Waals surface area (Å²) < 4.78 is 5.11. The van der Waals surface area contributed by atoms with E-state index in [1.54, 1.807) is 24.3 Å². The van der Waals surface area contributed by atoms with Crippen molar-refractivity contribution >= 4 is 11.8 Å². The second kappa shape index (κ2) is 7.36. The predicted molar refractivity (Wildman–Crippen MR) is 79.6 cm³/mol. The molecule has 0 aliphatic carbocycles. The highest BCUT2D eigenvalue weighted by Crippen LogP contribution is 2.07. The highest BCUT2D eigenvalue weighted by atomic mass is 16.5. The zero-order valence-electron chi connectivity index (χ0n) is 11.6. The Bertz CT molecular complexity index is 596. The van der Waals surface area contributed by atoms with Gasteiger partial charge < -0.3 is 10.5 Å². The minimum Gasteiger partial charge on any atom is -0.461 e. The summed E-state index contributed by atoms with van der Waals surface area (Å²) in [6, 6.07) is 17.2. The SMILES string of the molecule is NC(CC(=O)OCc1ccccc1)C(=O)c1ccccc1. The van der Waals surface area contributed by atoms with Gasteiger partial charge in [0.25, 0.3) is 0 Å². The number of Topliss-reactive ketones (excluding diaryl/α,β-unsaturated/α-hetero) is 1. The lowest BCUT2D eigenvalue weighted by molar-refractivity contribution is -0.145. The molecular weight excluding hydrogens is 266 g/mol. The number of ketones is 1. The normalized spacial score (nSPS) is 11.7. The number of ether oxygens (including phenoxy) is 1. The Kier molecular flexibility index (Phi) is 5.23. The molecule has 0 amide bonds. The average Bonchev–Trinajstić information content (AvgIpc) is 2.54. The van der Waals surface area contributed by atoms with E-state index in [2.05, 4.69) is 0 Å². The van der Waals surface area contributed by atoms with E-state index in [-0.39, 0.29) is 18.8 Å². The Hall–Kier alpha value is -2.46. The summed E-state index contributed by atoms with van der Waals surface area (Å²) in [5, 5.41) is 0. The van der Waals surface area contributed by atoms with Crippen LogP contribution in [0, 0.1) is 0 Å². The number of nitrogens with two attached hydrogens (primary N) is 1. The molecule has 0 radical (unpaired) electrons. The molecule has 2 aromatic rings. The van der Waals surface area contributed by atoms with Crippen molar-refractivity contribution < 1.29 is 14.3 Å². The summed E-state index contributed by atoms with van der Waals surface area (Å²) >= 11 is 0. The molecule has 4 nitrogen and oxygen atoms in total. The largest absolute Gasteiger partial charge is 0.461 e. The summed E-state index contributed by atoms with van der Waals surface area (Å²) in [5.41, 5.74) is 7.17. The Morgan fingerprint density at radius 1 is 0.952 bits per heavy atom. The minimum atomic E-state index is -0.879. The van der Waals surface area contributed by atoms with Crippen LogP contribution in [-0.2, 0) is 16.1 Å². The Morgan fingerprint density at radius 2 is 1.52 bits per heavy atom. The van der Waals surface area contributed by atoms with Gasteiger partial charge in [-0.05, 0) is 5.56 Å². The first-order chi connectivity index (χ1) is 10.2. The van der Waals surface area contributed by atoms with Crippen LogP contribution < -0.4 is 5.73 Å². The lowest BCUT2D eigenvalue weighted by atomic mass is 10.0. The van der Waals surface area contributed by atoms with Crippen LogP contribution in [0.4, 0.5) is 0 Å². The van der Waals surface area contributed by atoms with Gasteiger partial charge in [-0.25, -0.2) is 0 Å². The van der Waals surface area contributed by atoms with Crippen LogP contribution in [-0.4, -0.2) is 17.8 Å². The summed E-state index contributed by atoms with van der Waals surface area (Å²) in [6.45, 7) is 0.186. The van der Waals surface area contributed by atoms with Gasteiger partial charge in [0.05, 0.1) is 12.5 Å². The van der Waals surface area contributed by atoms with Crippen molar-refractivity contribution in [1.29, 1.82) is 0 Å². The number of rotatable bonds is 6. The van der Waals surface area contributed by atoms with Gasteiger partial charge in [0.2, 0.25) is 0 Å². The molecule has 0 saturated heterocycles. The molecular formula is C17H17NO3. The van der Waals surface area contributed by atoms with Crippen molar-refractivity contribution in [2.45, 2.75) is 19.1 Å². The average molecular weight is 283 g/mol. The van der Waals surface area contributed by atoms with Gasteiger partial charge in [0.15, 0.2) is 5.78 Å². The van der Waals surface area contributed by atoms with Crippen molar-refractivity contribution in [1.82, 2.24) is 0 Å². The fourth-order valence-electron chi connectivity index (χ4n) is 1.89. The Morgan fingerprint density at radius 3 is 2.14 bits per heavy atom. The third-order valence-electron chi connectivity index (χ3n) is 3.02. The maximum atomic E-state index is 12.0. The molecule has 108 valence electrons. The van der Waals surface area contributed by atoms with Gasteiger partial charge in [-0.3, -0.25) is 9.59 Å². The Balaban J connectivity index is 1.83. The maximum absolute atomic E-state index is 12.0. The first-order valence-electron chi connectivity index (χ1n) is 6.71. The van der Waals surface area contributed by atoms with Gasteiger partial charge in [-0.1, -0.05) is 60.7 Å². The smallest absolute Gasteiger partial charge is 0.308 e. The third-order valence-corrected chi connectivity index (χ3v) is 3.02. The quantitative estimate of drug-likeness (QED) is 0.652. The van der Waals surface area contributed by atoms with E-state index < -0.39 is 12.0 Å². The molecule has 0 aliphatic heterocycles. The van der Waals surface area contributed by atoms with Crippen LogP contribution in [0.1, 0.15) is 22.3 Å². The first-order valence-corrected chi connectivity index (χ1v) is 6.71. The van der Waals surface area contributed by atoms with Crippen LogP contribution in [0.3, 0.4) is 0 Å². The van der Waals surface area contributed by atoms with E-state index in [0.717, 1.165) is 5.56 Å². The molecule has 4 heteroatoms. The van der Waals surface area contributed by atoms with E-state index in [1.807, 2.05) is 36.4 Å². The van der Waals surface area contributed by atoms with Crippen molar-refractivity contribution in [3.8, 4) is 0 Å². The third kappa shape index (κ3) is 4.54. The number of carbonyl (C=O) groups is 2. The van der Waals surface area contributed by atoms with Gasteiger partial charge >= 0.3 is 5.97 Å². The maximum Gasteiger partial charge on any atom is 0.308 e. The molecule has 2 N–H and O–H groups in total. The number of hydrogen-bond donors (Lipinski definition) is 1. The van der Waals surface area contributed by atoms with Gasteiger partial charge in [-0.15, -0.1) is 0 Å². The molecule has 0 spiro atoms. The lowest BCUT2D eigenvalue weighted by Crippen LogP contribution is -2.33. The van der Waals surface area contributed by atoms with Crippen LogP contribution in [0.15, 0.2) is 60.7 Å². The second-order valence-corrected chi connectivity index (χ2v) is 4.69. The van der Waals surface area contributed by atoms with Crippen LogP contribution in [0.5, 0.6) is 0 Å². The van der Waals surface area contributed by atoms with Gasteiger partial charge in [-0.2, -0.15) is 0 Å². The standard InChI is InChI=1S/C17H17NO3/c18-15(17(20)14-9-5-2-6-10-14)11-16(19)21-12-13-7-3-1-4-8-13/h1-10,15H,11-12,18H2. The summed E-state index contributed by atoms with van der Waals surface area (Å²) in [6.07, 6.45) is -0.124. The van der Waals surface area contributed by atoms with Crippen LogP contribution in [0.2, 0.25) is 0 Å². The van der Waals surface area contributed by atoms with E-state index >= 15 is 0 Å². The van der Waals surface area contributed by atoms with Crippen molar-refractivity contribution in [3.63, 3.8) is 0 Å². The number of hydrogen-bond acceptors (Lipinski definition) is 4. The molecule has 2 rings (SSSR count). The molecule has 0 aliphatic rings. The van der Waals surface area contributed by atoms with Crippen LogP contribution in [0.25, 0.3) is 0 Å². The van der Waals surface area contributed by atoms with Crippen molar-refractivity contribution in [2.24, 2.45) is 5.73 Å². The minimum absolute atomic E-state index is 0.124. The second-order valence-electron chi connectivity index (χ2n) is 4.69. The summed E-state index contributed by atoms with van der Waals surface area (Å²) in [4.78, 5) is 23.7. The highest BCUT2D eigenvalue weighted by molar-refractivity contribution is 6.01. The molecule has 0 bridgehead atoms. The molecule has 21 heavy (non-hydrogen) atoms. The summed E-state index contributed by atoms with van der Waals surface area (Å²) in [7, 11) is 0. The highest BCUT2D eigenvalue weighted by Gasteiger charge is 2.19. The summed E-state index contributed by atoms with van der Waals surface area (Å²) in [5.74, 6) is -0.733. The molecule has 0 aromatic heterocycles.